The molecule has 0 spiro atoms. The molecule has 2 aromatic rings. The minimum Gasteiger partial charge on any atom is -0.472 e. The molecule has 1 aromatic carbocycles. The van der Waals surface area contributed by atoms with Gasteiger partial charge in [0.25, 0.3) is 0 Å². The molecule has 0 aliphatic heterocycles. The second kappa shape index (κ2) is 5.81. The van der Waals surface area contributed by atoms with Crippen LogP contribution in [0.5, 0.6) is 0 Å². The molecule has 0 fully saturated rings. The van der Waals surface area contributed by atoms with Gasteiger partial charge in [0.05, 0.1) is 12.5 Å². The molecule has 0 unspecified atom stereocenters. The van der Waals surface area contributed by atoms with E-state index in [9.17, 15) is 0 Å². The molecule has 1 aromatic heterocycles. The minimum atomic E-state index is -0.237. The van der Waals surface area contributed by atoms with Gasteiger partial charge in [0.1, 0.15) is 0 Å². The van der Waals surface area contributed by atoms with Gasteiger partial charge >= 0.3 is 0 Å². The second-order valence-corrected chi connectivity index (χ2v) is 5.26. The van der Waals surface area contributed by atoms with Crippen molar-refractivity contribution in [2.45, 2.75) is 18.8 Å². The Morgan fingerprint density at radius 2 is 1.94 bits per heavy atom. The van der Waals surface area contributed by atoms with E-state index < -0.39 is 0 Å². The lowest BCUT2D eigenvalue weighted by atomic mass is 9.79. The first-order chi connectivity index (χ1) is 8.70. The van der Waals surface area contributed by atoms with Crippen molar-refractivity contribution in [1.82, 2.24) is 0 Å². The van der Waals surface area contributed by atoms with Crippen LogP contribution in [0, 0.1) is 6.92 Å². The monoisotopic (exact) mass is 282 g/mol. The van der Waals surface area contributed by atoms with Crippen LogP contribution in [-0.4, -0.2) is 11.8 Å². The molecule has 0 amide bonds. The van der Waals surface area contributed by atoms with Gasteiger partial charge in [0.15, 0.2) is 0 Å². The van der Waals surface area contributed by atoms with Gasteiger partial charge in [-0.05, 0) is 30.5 Å². The highest BCUT2D eigenvalue weighted by atomic mass is 35.5. The third-order valence-corrected chi connectivity index (χ3v) is 4.29. The second-order valence-electron chi connectivity index (χ2n) is 4.73. The van der Waals surface area contributed by atoms with Gasteiger partial charge in [0, 0.05) is 17.2 Å². The summed E-state index contributed by atoms with van der Waals surface area (Å²) in [5.74, 6) is 0.982. The third kappa shape index (κ3) is 2.73. The minimum absolute atomic E-state index is 0.237. The lowest BCUT2D eigenvalue weighted by Gasteiger charge is -2.30. The lowest BCUT2D eigenvalue weighted by molar-refractivity contribution is 0.522. The Labute approximate surface area is 118 Å². The van der Waals surface area contributed by atoms with Crippen molar-refractivity contribution in [2.24, 2.45) is 0 Å². The van der Waals surface area contributed by atoms with Crippen molar-refractivity contribution in [3.63, 3.8) is 0 Å². The van der Waals surface area contributed by atoms with Gasteiger partial charge in [-0.2, -0.15) is 0 Å². The van der Waals surface area contributed by atoms with Gasteiger partial charge < -0.3 is 4.42 Å². The van der Waals surface area contributed by atoms with Crippen molar-refractivity contribution in [3.05, 3.63) is 59.5 Å². The largest absolute Gasteiger partial charge is 0.472 e. The summed E-state index contributed by atoms with van der Waals surface area (Å²) in [6.45, 7) is 2.08. The molecule has 0 saturated heterocycles. The van der Waals surface area contributed by atoms with E-state index >= 15 is 0 Å². The molecule has 0 atom stereocenters. The zero-order chi connectivity index (χ0) is 13.0. The predicted octanol–water partition coefficient (Wildman–Crippen LogP) is 4.55. The number of furan rings is 1. The summed E-state index contributed by atoms with van der Waals surface area (Å²) in [7, 11) is 0. The van der Waals surface area contributed by atoms with Crippen LogP contribution in [0.1, 0.15) is 16.7 Å². The maximum absolute atomic E-state index is 6.21. The molecule has 1 nitrogen and oxygen atoms in total. The maximum Gasteiger partial charge on any atom is 0.0934 e. The first kappa shape index (κ1) is 13.5. The standard InChI is InChI=1S/C15H16Cl2O/c1-12-3-2-4-14(7-12)15(10-16,11-17)8-13-5-6-18-9-13/h2-7,9H,8,10-11H2,1H3. The molecule has 0 N–H and O–H groups in total. The summed E-state index contributed by atoms with van der Waals surface area (Å²) in [5, 5.41) is 0. The van der Waals surface area contributed by atoms with Crippen molar-refractivity contribution in [2.75, 3.05) is 11.8 Å². The number of benzene rings is 1. The molecule has 18 heavy (non-hydrogen) atoms. The average molecular weight is 283 g/mol. The van der Waals surface area contributed by atoms with Crippen molar-refractivity contribution >= 4 is 23.2 Å². The van der Waals surface area contributed by atoms with E-state index in [0.717, 1.165) is 12.0 Å². The van der Waals surface area contributed by atoms with Crippen LogP contribution in [-0.2, 0) is 11.8 Å². The molecular formula is C15H16Cl2O. The van der Waals surface area contributed by atoms with Gasteiger partial charge in [0.2, 0.25) is 0 Å². The van der Waals surface area contributed by atoms with E-state index in [1.165, 1.54) is 11.1 Å². The topological polar surface area (TPSA) is 13.1 Å². The van der Waals surface area contributed by atoms with Gasteiger partial charge in [-0.3, -0.25) is 0 Å². The highest BCUT2D eigenvalue weighted by molar-refractivity contribution is 6.22. The highest BCUT2D eigenvalue weighted by Crippen LogP contribution is 2.32. The molecular weight excluding hydrogens is 267 g/mol. The lowest BCUT2D eigenvalue weighted by Crippen LogP contribution is -2.33. The molecule has 0 radical (unpaired) electrons. The van der Waals surface area contributed by atoms with Gasteiger partial charge in [-0.25, -0.2) is 0 Å². The molecule has 1 heterocycles. The Kier molecular flexibility index (Phi) is 4.36. The number of aryl methyl sites for hydroxylation is 1. The van der Waals surface area contributed by atoms with E-state index in [-0.39, 0.29) is 5.41 Å². The summed E-state index contributed by atoms with van der Waals surface area (Å²) in [5.41, 5.74) is 3.30. The van der Waals surface area contributed by atoms with Crippen LogP contribution in [0.15, 0.2) is 47.3 Å². The Morgan fingerprint density at radius 1 is 1.17 bits per heavy atom. The molecule has 2 rings (SSSR count). The number of rotatable bonds is 5. The molecule has 0 aliphatic carbocycles. The maximum atomic E-state index is 6.21. The first-order valence-electron chi connectivity index (χ1n) is 5.90. The summed E-state index contributed by atoms with van der Waals surface area (Å²) in [4.78, 5) is 0. The van der Waals surface area contributed by atoms with E-state index in [1.54, 1.807) is 12.5 Å². The van der Waals surface area contributed by atoms with Gasteiger partial charge in [-0.1, -0.05) is 29.8 Å². The van der Waals surface area contributed by atoms with Crippen molar-refractivity contribution in [1.29, 1.82) is 0 Å². The predicted molar refractivity (Wildman–Crippen MR) is 76.7 cm³/mol. The van der Waals surface area contributed by atoms with Crippen LogP contribution < -0.4 is 0 Å². The molecule has 0 saturated carbocycles. The molecule has 3 heteroatoms. The highest BCUT2D eigenvalue weighted by Gasteiger charge is 2.31. The Morgan fingerprint density at radius 3 is 2.50 bits per heavy atom. The molecule has 96 valence electrons. The fourth-order valence-electron chi connectivity index (χ4n) is 2.15. The number of halogens is 2. The normalized spacial score (nSPS) is 11.7. The number of hydrogen-bond acceptors (Lipinski definition) is 1. The Hall–Kier alpha value is -0.920. The summed E-state index contributed by atoms with van der Waals surface area (Å²) < 4.78 is 5.12. The number of alkyl halides is 2. The zero-order valence-corrected chi connectivity index (χ0v) is 11.8. The fourth-order valence-corrected chi connectivity index (χ4v) is 2.93. The van der Waals surface area contributed by atoms with Gasteiger partial charge in [-0.15, -0.1) is 23.2 Å². The van der Waals surface area contributed by atoms with E-state index in [4.69, 9.17) is 27.6 Å². The first-order valence-corrected chi connectivity index (χ1v) is 6.97. The Balaban J connectivity index is 2.37. The molecule has 0 aliphatic rings. The summed E-state index contributed by atoms with van der Waals surface area (Å²) >= 11 is 12.4. The Bertz CT molecular complexity index is 487. The van der Waals surface area contributed by atoms with Crippen LogP contribution in [0.25, 0.3) is 0 Å². The SMILES string of the molecule is Cc1cccc(C(CCl)(CCl)Cc2ccoc2)c1. The van der Waals surface area contributed by atoms with Crippen molar-refractivity contribution < 1.29 is 4.42 Å². The smallest absolute Gasteiger partial charge is 0.0934 e. The molecule has 0 bridgehead atoms. The number of hydrogen-bond donors (Lipinski definition) is 0. The van der Waals surface area contributed by atoms with E-state index in [2.05, 4.69) is 25.1 Å². The quantitative estimate of drug-likeness (QED) is 0.734. The average Bonchev–Trinajstić information content (AvgIpc) is 2.89. The third-order valence-electron chi connectivity index (χ3n) is 3.26. The zero-order valence-electron chi connectivity index (χ0n) is 10.3. The van der Waals surface area contributed by atoms with E-state index in [0.29, 0.717) is 11.8 Å². The van der Waals surface area contributed by atoms with Crippen LogP contribution in [0.4, 0.5) is 0 Å². The summed E-state index contributed by atoms with van der Waals surface area (Å²) in [6, 6.07) is 10.3. The summed E-state index contributed by atoms with van der Waals surface area (Å²) in [6.07, 6.45) is 4.22. The van der Waals surface area contributed by atoms with Crippen LogP contribution in [0.3, 0.4) is 0 Å². The van der Waals surface area contributed by atoms with Crippen LogP contribution >= 0.6 is 23.2 Å². The fraction of sp³-hybridized carbons (Fsp3) is 0.333. The van der Waals surface area contributed by atoms with E-state index in [1.807, 2.05) is 12.1 Å². The van der Waals surface area contributed by atoms with Crippen LogP contribution in [0.2, 0.25) is 0 Å². The van der Waals surface area contributed by atoms with Crippen molar-refractivity contribution in [3.8, 4) is 0 Å².